The summed E-state index contributed by atoms with van der Waals surface area (Å²) in [7, 11) is -3.64. The van der Waals surface area contributed by atoms with E-state index in [4.69, 9.17) is 0 Å². The number of ketones is 1. The van der Waals surface area contributed by atoms with Crippen molar-refractivity contribution in [3.05, 3.63) is 58.9 Å². The first kappa shape index (κ1) is 25.0. The summed E-state index contributed by atoms with van der Waals surface area (Å²) in [5.41, 5.74) is 0.644. The first-order chi connectivity index (χ1) is 15.3. The molecule has 5 nitrogen and oxygen atoms in total. The predicted octanol–water partition coefficient (Wildman–Crippen LogP) is 5.12. The summed E-state index contributed by atoms with van der Waals surface area (Å²) in [6.07, 6.45) is -1.38. The van der Waals surface area contributed by atoms with Gasteiger partial charge in [-0.25, -0.2) is 12.8 Å². The van der Waals surface area contributed by atoms with Gasteiger partial charge in [-0.15, -0.1) is 0 Å². The third-order valence-electron chi connectivity index (χ3n) is 5.77. The molecule has 10 heteroatoms. The standard InChI is InChI=1S/C23H26F4N2O3S/c1-15(17-6-9-20(19(24)13-17)28-33(2,31)32)22(30)10-7-16-5-8-18(23(25,26)27)14-21(16)29-11-3-4-12-29/h5-6,8-9,13-15,28H,3-4,7,10-12H2,1-2H3. The van der Waals surface area contributed by atoms with Gasteiger partial charge in [-0.1, -0.05) is 19.1 Å². The Morgan fingerprint density at radius 3 is 2.36 bits per heavy atom. The molecule has 0 spiro atoms. The molecule has 1 unspecified atom stereocenters. The van der Waals surface area contributed by atoms with Gasteiger partial charge in [0.1, 0.15) is 11.6 Å². The van der Waals surface area contributed by atoms with Gasteiger partial charge in [-0.2, -0.15) is 13.2 Å². The topological polar surface area (TPSA) is 66.5 Å². The molecule has 33 heavy (non-hydrogen) atoms. The Hall–Kier alpha value is -2.62. The van der Waals surface area contributed by atoms with Gasteiger partial charge in [0.2, 0.25) is 10.0 Å². The van der Waals surface area contributed by atoms with Crippen LogP contribution >= 0.6 is 0 Å². The second-order valence-corrected chi connectivity index (χ2v) is 10.1. The van der Waals surface area contributed by atoms with Crippen molar-refractivity contribution in [2.45, 2.75) is 44.7 Å². The number of halogens is 4. The van der Waals surface area contributed by atoms with Crippen LogP contribution < -0.4 is 9.62 Å². The Kier molecular flexibility index (Phi) is 7.36. The van der Waals surface area contributed by atoms with Crippen molar-refractivity contribution in [3.63, 3.8) is 0 Å². The SMILES string of the molecule is CC(C(=O)CCc1ccc(C(F)(F)F)cc1N1CCCC1)c1ccc(NS(C)(=O)=O)c(F)c1. The molecular formula is C23H26F4N2O3S. The van der Waals surface area contributed by atoms with Crippen molar-refractivity contribution in [3.8, 4) is 0 Å². The fourth-order valence-electron chi connectivity index (χ4n) is 3.95. The largest absolute Gasteiger partial charge is 0.416 e. The van der Waals surface area contributed by atoms with Crippen LogP contribution in [0.25, 0.3) is 0 Å². The third-order valence-corrected chi connectivity index (χ3v) is 6.36. The van der Waals surface area contributed by atoms with Gasteiger partial charge < -0.3 is 4.90 Å². The number of sulfonamides is 1. The molecule has 0 aromatic heterocycles. The molecule has 0 radical (unpaired) electrons. The van der Waals surface area contributed by atoms with Crippen molar-refractivity contribution in [2.75, 3.05) is 29.0 Å². The molecule has 3 rings (SSSR count). The van der Waals surface area contributed by atoms with Crippen LogP contribution in [0.15, 0.2) is 36.4 Å². The monoisotopic (exact) mass is 486 g/mol. The van der Waals surface area contributed by atoms with E-state index in [9.17, 15) is 30.8 Å². The number of carbonyl (C=O) groups is 1. The summed E-state index contributed by atoms with van der Waals surface area (Å²) in [5.74, 6) is -1.64. The quantitative estimate of drug-likeness (QED) is 0.526. The third kappa shape index (κ3) is 6.46. The molecule has 0 amide bonds. The molecule has 1 aliphatic heterocycles. The summed E-state index contributed by atoms with van der Waals surface area (Å²) in [6.45, 7) is 2.96. The van der Waals surface area contributed by atoms with E-state index in [0.717, 1.165) is 37.3 Å². The molecule has 0 saturated carbocycles. The molecule has 2 aromatic carbocycles. The molecule has 1 saturated heterocycles. The second kappa shape index (κ2) is 9.70. The van der Waals surface area contributed by atoms with E-state index in [1.807, 2.05) is 4.90 Å². The van der Waals surface area contributed by atoms with Crippen molar-refractivity contribution in [1.29, 1.82) is 0 Å². The summed E-state index contributed by atoms with van der Waals surface area (Å²) >= 11 is 0. The number of anilines is 2. The Balaban J connectivity index is 1.74. The number of nitrogens with zero attached hydrogens (tertiary/aromatic N) is 1. The molecule has 2 aromatic rings. The molecule has 180 valence electrons. The summed E-state index contributed by atoms with van der Waals surface area (Å²) in [5, 5.41) is 0. The Bertz CT molecular complexity index is 1130. The highest BCUT2D eigenvalue weighted by molar-refractivity contribution is 7.92. The summed E-state index contributed by atoms with van der Waals surface area (Å²) in [4.78, 5) is 14.7. The summed E-state index contributed by atoms with van der Waals surface area (Å²) in [6, 6.07) is 7.47. The van der Waals surface area contributed by atoms with Gasteiger partial charge in [0.25, 0.3) is 0 Å². The lowest BCUT2D eigenvalue weighted by atomic mass is 9.92. The van der Waals surface area contributed by atoms with Crippen molar-refractivity contribution in [1.82, 2.24) is 0 Å². The molecular weight excluding hydrogens is 460 g/mol. The van der Waals surface area contributed by atoms with Crippen LogP contribution in [0.1, 0.15) is 48.8 Å². The fraction of sp³-hybridized carbons (Fsp3) is 0.435. The van der Waals surface area contributed by atoms with Gasteiger partial charge >= 0.3 is 6.18 Å². The van der Waals surface area contributed by atoms with E-state index in [0.29, 0.717) is 29.9 Å². The molecule has 0 bridgehead atoms. The number of nitrogens with one attached hydrogen (secondary N) is 1. The van der Waals surface area contributed by atoms with E-state index < -0.39 is 33.5 Å². The van der Waals surface area contributed by atoms with Crippen molar-refractivity contribution >= 4 is 27.2 Å². The van der Waals surface area contributed by atoms with Crippen LogP contribution in [0, 0.1) is 5.82 Å². The fourth-order valence-corrected chi connectivity index (χ4v) is 4.51. The highest BCUT2D eigenvalue weighted by Gasteiger charge is 2.32. The van der Waals surface area contributed by atoms with E-state index in [1.165, 1.54) is 18.2 Å². The molecule has 1 heterocycles. The lowest BCUT2D eigenvalue weighted by Gasteiger charge is -2.23. The zero-order valence-electron chi connectivity index (χ0n) is 18.4. The van der Waals surface area contributed by atoms with E-state index in [2.05, 4.69) is 4.72 Å². The van der Waals surface area contributed by atoms with Crippen LogP contribution in [0.5, 0.6) is 0 Å². The van der Waals surface area contributed by atoms with Gasteiger partial charge in [-0.3, -0.25) is 9.52 Å². The average Bonchev–Trinajstić information content (AvgIpc) is 3.26. The second-order valence-electron chi connectivity index (χ2n) is 8.34. The number of benzene rings is 2. The Labute approximate surface area is 190 Å². The van der Waals surface area contributed by atoms with E-state index in [1.54, 1.807) is 6.92 Å². The number of alkyl halides is 3. The zero-order chi connectivity index (χ0) is 24.4. The molecule has 1 atom stereocenters. The summed E-state index contributed by atoms with van der Waals surface area (Å²) < 4.78 is 78.6. The number of rotatable bonds is 8. The van der Waals surface area contributed by atoms with Gasteiger partial charge in [0.15, 0.2) is 0 Å². The number of aryl methyl sites for hydroxylation is 1. The molecule has 1 aliphatic rings. The number of Topliss-reactive ketones (excluding diaryl/α,β-unsaturated/α-hetero) is 1. The number of hydrogen-bond acceptors (Lipinski definition) is 4. The molecule has 0 aliphatic carbocycles. The minimum absolute atomic E-state index is 0.0817. The van der Waals surface area contributed by atoms with Crippen LogP contribution in [-0.4, -0.2) is 33.5 Å². The average molecular weight is 487 g/mol. The molecule has 1 fully saturated rings. The minimum Gasteiger partial charge on any atom is -0.371 e. The predicted molar refractivity (Wildman–Crippen MR) is 120 cm³/mol. The van der Waals surface area contributed by atoms with Gasteiger partial charge in [-0.05, 0) is 54.7 Å². The number of hydrogen-bond donors (Lipinski definition) is 1. The van der Waals surface area contributed by atoms with Crippen LogP contribution in [0.4, 0.5) is 28.9 Å². The smallest absolute Gasteiger partial charge is 0.371 e. The van der Waals surface area contributed by atoms with Crippen LogP contribution in [0.2, 0.25) is 0 Å². The maximum atomic E-state index is 14.3. The highest BCUT2D eigenvalue weighted by atomic mass is 32.2. The first-order valence-corrected chi connectivity index (χ1v) is 12.5. The Morgan fingerprint density at radius 1 is 1.12 bits per heavy atom. The van der Waals surface area contributed by atoms with E-state index in [-0.39, 0.29) is 24.3 Å². The Morgan fingerprint density at radius 2 is 1.79 bits per heavy atom. The normalized spacial score (nSPS) is 15.5. The maximum Gasteiger partial charge on any atom is 0.416 e. The van der Waals surface area contributed by atoms with Crippen molar-refractivity contribution in [2.24, 2.45) is 0 Å². The van der Waals surface area contributed by atoms with Crippen molar-refractivity contribution < 1.29 is 30.8 Å². The molecule has 1 N–H and O–H groups in total. The zero-order valence-corrected chi connectivity index (χ0v) is 19.2. The van der Waals surface area contributed by atoms with Gasteiger partial charge in [0, 0.05) is 31.1 Å². The first-order valence-electron chi connectivity index (χ1n) is 10.6. The van der Waals surface area contributed by atoms with E-state index >= 15 is 0 Å². The minimum atomic E-state index is -4.44. The van der Waals surface area contributed by atoms with Gasteiger partial charge in [0.05, 0.1) is 17.5 Å². The number of carbonyl (C=O) groups excluding carboxylic acids is 1. The highest BCUT2D eigenvalue weighted by Crippen LogP contribution is 2.35. The van der Waals surface area contributed by atoms with Crippen LogP contribution in [0.3, 0.4) is 0 Å². The lowest BCUT2D eigenvalue weighted by Crippen LogP contribution is -2.21. The maximum absolute atomic E-state index is 14.3. The lowest BCUT2D eigenvalue weighted by molar-refractivity contribution is -0.137. The van der Waals surface area contributed by atoms with Crippen LogP contribution in [-0.2, 0) is 27.4 Å².